The van der Waals surface area contributed by atoms with Crippen LogP contribution in [0.15, 0.2) is 18.2 Å². The number of carbonyl (C=O) groups excluding carboxylic acids is 1. The highest BCUT2D eigenvalue weighted by Crippen LogP contribution is 2.25. The molecule has 0 aliphatic rings. The van der Waals surface area contributed by atoms with Crippen molar-refractivity contribution >= 4 is 17.4 Å². The van der Waals surface area contributed by atoms with Crippen molar-refractivity contribution in [2.45, 2.75) is 20.8 Å². The van der Waals surface area contributed by atoms with Crippen LogP contribution in [0.3, 0.4) is 0 Å². The zero-order valence-corrected chi connectivity index (χ0v) is 12.0. The zero-order valence-electron chi connectivity index (χ0n) is 11.2. The van der Waals surface area contributed by atoms with Crippen LogP contribution in [0, 0.1) is 0 Å². The molecule has 0 spiro atoms. The maximum atomic E-state index is 12.1. The predicted molar refractivity (Wildman–Crippen MR) is 74.7 cm³/mol. The summed E-state index contributed by atoms with van der Waals surface area (Å²) in [5.74, 6) is 0.710. The number of rotatable bonds is 7. The Balaban J connectivity index is 2.78. The molecular formula is C14H20ClNO2. The van der Waals surface area contributed by atoms with Gasteiger partial charge in [0.2, 0.25) is 0 Å². The summed E-state index contributed by atoms with van der Waals surface area (Å²) in [6, 6.07) is 5.20. The van der Waals surface area contributed by atoms with Crippen LogP contribution in [-0.2, 0) is 0 Å². The summed E-state index contributed by atoms with van der Waals surface area (Å²) in [4.78, 5) is 14.1. The van der Waals surface area contributed by atoms with Crippen molar-refractivity contribution in [2.75, 3.05) is 26.2 Å². The molecule has 1 aromatic rings. The van der Waals surface area contributed by atoms with Gasteiger partial charge in [0.1, 0.15) is 5.75 Å². The third-order valence-electron chi connectivity index (χ3n) is 2.82. The van der Waals surface area contributed by atoms with Crippen molar-refractivity contribution in [3.63, 3.8) is 0 Å². The molecule has 0 aliphatic heterocycles. The Hall–Kier alpha value is -1.06. The van der Waals surface area contributed by atoms with E-state index in [1.165, 1.54) is 0 Å². The maximum absolute atomic E-state index is 12.1. The number of hydrogen-bond acceptors (Lipinski definition) is 3. The molecule has 100 valence electrons. The summed E-state index contributed by atoms with van der Waals surface area (Å²) in [5.41, 5.74) is 0.635. The average Bonchev–Trinajstić information content (AvgIpc) is 2.38. The summed E-state index contributed by atoms with van der Waals surface area (Å²) in [7, 11) is 0. The zero-order chi connectivity index (χ0) is 13.5. The highest BCUT2D eigenvalue weighted by atomic mass is 35.5. The van der Waals surface area contributed by atoms with Gasteiger partial charge in [0.25, 0.3) is 0 Å². The molecule has 4 heteroatoms. The van der Waals surface area contributed by atoms with E-state index in [9.17, 15) is 4.79 Å². The molecule has 0 atom stereocenters. The van der Waals surface area contributed by atoms with E-state index in [2.05, 4.69) is 4.90 Å². The van der Waals surface area contributed by atoms with Crippen molar-refractivity contribution in [3.8, 4) is 5.75 Å². The van der Waals surface area contributed by atoms with E-state index in [1.54, 1.807) is 18.2 Å². The predicted octanol–water partition coefficient (Wildman–Crippen LogP) is 3.26. The Morgan fingerprint density at radius 1 is 1.28 bits per heavy atom. The number of halogens is 1. The Morgan fingerprint density at radius 2 is 1.94 bits per heavy atom. The molecule has 0 fully saturated rings. The standard InChI is InChI=1S/C14H20ClNO2/c1-4-16(5-2)10-13(17)11-7-8-14(18-6-3)12(15)9-11/h7-9H,4-6,10H2,1-3H3. The molecule has 0 aromatic heterocycles. The van der Waals surface area contributed by atoms with Gasteiger partial charge in [-0.25, -0.2) is 0 Å². The lowest BCUT2D eigenvalue weighted by Crippen LogP contribution is -2.29. The molecule has 0 heterocycles. The molecule has 1 aromatic carbocycles. The number of benzene rings is 1. The van der Waals surface area contributed by atoms with Gasteiger partial charge in [-0.05, 0) is 38.2 Å². The Labute approximate surface area is 114 Å². The minimum atomic E-state index is 0.0867. The van der Waals surface area contributed by atoms with Crippen LogP contribution >= 0.6 is 11.6 Å². The summed E-state index contributed by atoms with van der Waals surface area (Å²) in [6.45, 7) is 8.71. The SMILES string of the molecule is CCOc1ccc(C(=O)CN(CC)CC)cc1Cl. The van der Waals surface area contributed by atoms with Crippen molar-refractivity contribution in [1.29, 1.82) is 0 Å². The average molecular weight is 270 g/mol. The van der Waals surface area contributed by atoms with Gasteiger partial charge >= 0.3 is 0 Å². The van der Waals surface area contributed by atoms with Crippen molar-refractivity contribution in [3.05, 3.63) is 28.8 Å². The summed E-state index contributed by atoms with van der Waals surface area (Å²) in [6.07, 6.45) is 0. The van der Waals surface area contributed by atoms with Crippen LogP contribution < -0.4 is 4.74 Å². The highest BCUT2D eigenvalue weighted by molar-refractivity contribution is 6.32. The lowest BCUT2D eigenvalue weighted by Gasteiger charge is -2.17. The second-order valence-corrected chi connectivity index (χ2v) is 4.37. The molecule has 0 unspecified atom stereocenters. The number of hydrogen-bond donors (Lipinski definition) is 0. The van der Waals surface area contributed by atoms with E-state index in [-0.39, 0.29) is 5.78 Å². The van der Waals surface area contributed by atoms with E-state index >= 15 is 0 Å². The molecule has 0 N–H and O–H groups in total. The summed E-state index contributed by atoms with van der Waals surface area (Å²) < 4.78 is 5.34. The van der Waals surface area contributed by atoms with Gasteiger partial charge in [0, 0.05) is 5.56 Å². The second kappa shape index (κ2) is 7.39. The number of Topliss-reactive ketones (excluding diaryl/α,β-unsaturated/α-hetero) is 1. The molecule has 0 bridgehead atoms. The number of likely N-dealkylation sites (N-methyl/N-ethyl adjacent to an activating group) is 1. The van der Waals surface area contributed by atoms with Crippen molar-refractivity contribution in [2.24, 2.45) is 0 Å². The first kappa shape index (κ1) is 15.0. The lowest BCUT2D eigenvalue weighted by molar-refractivity contribution is 0.0937. The van der Waals surface area contributed by atoms with Gasteiger partial charge in [-0.2, -0.15) is 0 Å². The molecule has 0 amide bonds. The smallest absolute Gasteiger partial charge is 0.176 e. The van der Waals surface area contributed by atoms with Crippen LogP contribution in [0.25, 0.3) is 0 Å². The minimum absolute atomic E-state index is 0.0867. The first-order chi connectivity index (χ1) is 8.62. The Morgan fingerprint density at radius 3 is 2.44 bits per heavy atom. The van der Waals surface area contributed by atoms with Crippen LogP contribution in [0.1, 0.15) is 31.1 Å². The largest absolute Gasteiger partial charge is 0.492 e. The highest BCUT2D eigenvalue weighted by Gasteiger charge is 2.12. The number of ether oxygens (including phenoxy) is 1. The van der Waals surface area contributed by atoms with E-state index < -0.39 is 0 Å². The minimum Gasteiger partial charge on any atom is -0.492 e. The Kier molecular flexibility index (Phi) is 6.16. The molecule has 18 heavy (non-hydrogen) atoms. The van der Waals surface area contributed by atoms with E-state index in [1.807, 2.05) is 20.8 Å². The first-order valence-corrected chi connectivity index (χ1v) is 6.68. The topological polar surface area (TPSA) is 29.5 Å². The van der Waals surface area contributed by atoms with E-state index in [0.29, 0.717) is 29.5 Å². The van der Waals surface area contributed by atoms with Gasteiger partial charge < -0.3 is 4.74 Å². The quantitative estimate of drug-likeness (QED) is 0.712. The fraction of sp³-hybridized carbons (Fsp3) is 0.500. The van der Waals surface area contributed by atoms with Crippen molar-refractivity contribution in [1.82, 2.24) is 4.90 Å². The summed E-state index contributed by atoms with van der Waals surface area (Å²) in [5, 5.41) is 0.488. The molecule has 1 rings (SSSR count). The Bertz CT molecular complexity index is 403. The van der Waals surface area contributed by atoms with Crippen LogP contribution in [-0.4, -0.2) is 36.9 Å². The third kappa shape index (κ3) is 4.00. The van der Waals surface area contributed by atoms with Crippen molar-refractivity contribution < 1.29 is 9.53 Å². The van der Waals surface area contributed by atoms with Gasteiger partial charge in [-0.15, -0.1) is 0 Å². The number of carbonyl (C=O) groups is 1. The molecule has 0 saturated heterocycles. The molecule has 3 nitrogen and oxygen atoms in total. The van der Waals surface area contributed by atoms with Crippen LogP contribution in [0.5, 0.6) is 5.75 Å². The van der Waals surface area contributed by atoms with Gasteiger partial charge in [-0.3, -0.25) is 9.69 Å². The van der Waals surface area contributed by atoms with Gasteiger partial charge in [-0.1, -0.05) is 25.4 Å². The fourth-order valence-electron chi connectivity index (χ4n) is 1.69. The fourth-order valence-corrected chi connectivity index (χ4v) is 1.92. The molecule has 0 aliphatic carbocycles. The summed E-state index contributed by atoms with van der Waals surface area (Å²) >= 11 is 6.07. The van der Waals surface area contributed by atoms with Crippen LogP contribution in [0.2, 0.25) is 5.02 Å². The maximum Gasteiger partial charge on any atom is 0.176 e. The van der Waals surface area contributed by atoms with Crippen LogP contribution in [0.4, 0.5) is 0 Å². The lowest BCUT2D eigenvalue weighted by atomic mass is 10.1. The second-order valence-electron chi connectivity index (χ2n) is 3.96. The van der Waals surface area contributed by atoms with Gasteiger partial charge in [0.05, 0.1) is 18.2 Å². The van der Waals surface area contributed by atoms with Gasteiger partial charge in [0.15, 0.2) is 5.78 Å². The first-order valence-electron chi connectivity index (χ1n) is 6.30. The number of nitrogens with zero attached hydrogens (tertiary/aromatic N) is 1. The monoisotopic (exact) mass is 269 g/mol. The third-order valence-corrected chi connectivity index (χ3v) is 3.11. The van der Waals surface area contributed by atoms with E-state index in [4.69, 9.17) is 16.3 Å². The number of ketones is 1. The molecule has 0 radical (unpaired) electrons. The molecule has 0 saturated carbocycles. The normalized spacial score (nSPS) is 10.7. The molecular weight excluding hydrogens is 250 g/mol. The van der Waals surface area contributed by atoms with E-state index in [0.717, 1.165) is 13.1 Å².